The highest BCUT2D eigenvalue weighted by Gasteiger charge is 2.20. The Morgan fingerprint density at radius 3 is 3.17 bits per heavy atom. The molecule has 1 saturated heterocycles. The average Bonchev–Trinajstić information content (AvgIpc) is 2.15. The fraction of sp³-hybridized carbons (Fsp3) is 1.00. The van der Waals surface area contributed by atoms with E-state index < -0.39 is 0 Å². The van der Waals surface area contributed by atoms with Crippen molar-refractivity contribution in [3.05, 3.63) is 0 Å². The molecule has 12 heavy (non-hydrogen) atoms. The Morgan fingerprint density at radius 2 is 2.50 bits per heavy atom. The lowest BCUT2D eigenvalue weighted by atomic mass is 10.2. The first-order valence-electron chi connectivity index (χ1n) is 4.45. The second kappa shape index (κ2) is 5.48. The maximum atomic E-state index is 9.02. The summed E-state index contributed by atoms with van der Waals surface area (Å²) in [5.74, 6) is 0. The van der Waals surface area contributed by atoms with Gasteiger partial charge < -0.3 is 15.2 Å². The first-order valence-corrected chi connectivity index (χ1v) is 4.45. The zero-order valence-corrected chi connectivity index (χ0v) is 7.62. The topological polar surface area (TPSA) is 44.7 Å². The monoisotopic (exact) mass is 174 g/mol. The summed E-state index contributed by atoms with van der Waals surface area (Å²) in [5.41, 5.74) is 0. The van der Waals surface area contributed by atoms with Gasteiger partial charge in [0.2, 0.25) is 0 Å². The maximum absolute atomic E-state index is 9.02. The lowest BCUT2D eigenvalue weighted by molar-refractivity contribution is -0.0264. The van der Waals surface area contributed by atoms with Crippen LogP contribution in [0.2, 0.25) is 0 Å². The van der Waals surface area contributed by atoms with E-state index in [0.717, 1.165) is 26.2 Å². The first kappa shape index (κ1) is 9.92. The van der Waals surface area contributed by atoms with Crippen molar-refractivity contribution in [3.8, 4) is 0 Å². The third-order valence-corrected chi connectivity index (χ3v) is 2.21. The highest BCUT2D eigenvalue weighted by atomic mass is 16.5. The number of morpholine rings is 1. The van der Waals surface area contributed by atoms with Gasteiger partial charge in [0.1, 0.15) is 0 Å². The minimum atomic E-state index is 0.198. The lowest BCUT2D eigenvalue weighted by Crippen LogP contribution is -2.49. The van der Waals surface area contributed by atoms with E-state index in [4.69, 9.17) is 9.84 Å². The van der Waals surface area contributed by atoms with Crippen LogP contribution in [-0.4, -0.2) is 62.6 Å². The quantitative estimate of drug-likeness (QED) is 0.568. The van der Waals surface area contributed by atoms with Crippen LogP contribution in [0.1, 0.15) is 0 Å². The molecular weight excluding hydrogens is 156 g/mol. The van der Waals surface area contributed by atoms with Gasteiger partial charge in [0.25, 0.3) is 0 Å². The van der Waals surface area contributed by atoms with E-state index in [1.807, 2.05) is 7.05 Å². The molecule has 1 rings (SSSR count). The number of nitrogens with zero attached hydrogens (tertiary/aromatic N) is 1. The third-order valence-electron chi connectivity index (χ3n) is 2.21. The number of nitrogens with one attached hydrogen (secondary N) is 1. The SMILES string of the molecule is CNCCN1CCOCC1CO. The summed E-state index contributed by atoms with van der Waals surface area (Å²) in [4.78, 5) is 2.26. The normalized spacial score (nSPS) is 26.0. The van der Waals surface area contributed by atoms with Crippen LogP contribution in [0.3, 0.4) is 0 Å². The molecule has 0 spiro atoms. The van der Waals surface area contributed by atoms with Crippen molar-refractivity contribution in [3.63, 3.8) is 0 Å². The van der Waals surface area contributed by atoms with Crippen molar-refractivity contribution >= 4 is 0 Å². The zero-order valence-electron chi connectivity index (χ0n) is 7.62. The minimum Gasteiger partial charge on any atom is -0.395 e. The molecule has 0 bridgehead atoms. The number of likely N-dealkylation sites (N-methyl/N-ethyl adjacent to an activating group) is 1. The molecular formula is C8H18N2O2. The van der Waals surface area contributed by atoms with Gasteiger partial charge in [-0.1, -0.05) is 0 Å². The highest BCUT2D eigenvalue weighted by molar-refractivity contribution is 4.74. The van der Waals surface area contributed by atoms with Crippen LogP contribution in [0.15, 0.2) is 0 Å². The van der Waals surface area contributed by atoms with Gasteiger partial charge in [0.05, 0.1) is 25.9 Å². The fourth-order valence-corrected chi connectivity index (χ4v) is 1.41. The second-order valence-electron chi connectivity index (χ2n) is 3.05. The lowest BCUT2D eigenvalue weighted by Gasteiger charge is -2.34. The maximum Gasteiger partial charge on any atom is 0.0644 e. The van der Waals surface area contributed by atoms with Gasteiger partial charge in [-0.2, -0.15) is 0 Å². The summed E-state index contributed by atoms with van der Waals surface area (Å²) in [7, 11) is 1.94. The van der Waals surface area contributed by atoms with Crippen LogP contribution in [0.25, 0.3) is 0 Å². The van der Waals surface area contributed by atoms with E-state index in [1.165, 1.54) is 0 Å². The Hall–Kier alpha value is -0.160. The molecule has 0 aliphatic carbocycles. The summed E-state index contributed by atoms with van der Waals surface area (Å²) >= 11 is 0. The second-order valence-corrected chi connectivity index (χ2v) is 3.05. The number of hydrogen-bond donors (Lipinski definition) is 2. The molecule has 0 aromatic heterocycles. The Morgan fingerprint density at radius 1 is 1.67 bits per heavy atom. The van der Waals surface area contributed by atoms with E-state index in [9.17, 15) is 0 Å². The molecule has 1 unspecified atom stereocenters. The van der Waals surface area contributed by atoms with Crippen molar-refractivity contribution in [2.24, 2.45) is 0 Å². The molecule has 4 nitrogen and oxygen atoms in total. The largest absolute Gasteiger partial charge is 0.395 e. The van der Waals surface area contributed by atoms with Crippen LogP contribution < -0.4 is 5.32 Å². The van der Waals surface area contributed by atoms with E-state index in [2.05, 4.69) is 10.2 Å². The van der Waals surface area contributed by atoms with E-state index in [0.29, 0.717) is 6.61 Å². The third kappa shape index (κ3) is 2.71. The molecule has 1 aliphatic rings. The summed E-state index contributed by atoms with van der Waals surface area (Å²) in [6, 6.07) is 0.201. The van der Waals surface area contributed by atoms with Crippen LogP contribution in [-0.2, 0) is 4.74 Å². The number of hydrogen-bond acceptors (Lipinski definition) is 4. The molecule has 1 fully saturated rings. The standard InChI is InChI=1S/C8H18N2O2/c1-9-2-3-10-4-5-12-7-8(10)6-11/h8-9,11H,2-7H2,1H3. The van der Waals surface area contributed by atoms with Crippen molar-refractivity contribution in [2.75, 3.05) is 46.5 Å². The van der Waals surface area contributed by atoms with Crippen molar-refractivity contribution in [2.45, 2.75) is 6.04 Å². The Kier molecular flexibility index (Phi) is 4.53. The Balaban J connectivity index is 2.26. The molecule has 0 aromatic carbocycles. The Labute approximate surface area is 73.5 Å². The first-order chi connectivity index (χ1) is 5.88. The Bertz CT molecular complexity index is 122. The zero-order chi connectivity index (χ0) is 8.81. The fourth-order valence-electron chi connectivity index (χ4n) is 1.41. The summed E-state index contributed by atoms with van der Waals surface area (Å²) in [5, 5.41) is 12.1. The average molecular weight is 174 g/mol. The molecule has 72 valence electrons. The van der Waals surface area contributed by atoms with E-state index >= 15 is 0 Å². The van der Waals surface area contributed by atoms with E-state index in [1.54, 1.807) is 0 Å². The molecule has 1 heterocycles. The number of aliphatic hydroxyl groups is 1. The van der Waals surface area contributed by atoms with Gasteiger partial charge in [-0.25, -0.2) is 0 Å². The summed E-state index contributed by atoms with van der Waals surface area (Å²) < 4.78 is 5.26. The van der Waals surface area contributed by atoms with Crippen molar-refractivity contribution in [1.82, 2.24) is 10.2 Å². The van der Waals surface area contributed by atoms with E-state index in [-0.39, 0.29) is 12.6 Å². The van der Waals surface area contributed by atoms with Gasteiger partial charge >= 0.3 is 0 Å². The molecule has 1 atom stereocenters. The highest BCUT2D eigenvalue weighted by Crippen LogP contribution is 2.04. The van der Waals surface area contributed by atoms with Crippen LogP contribution >= 0.6 is 0 Å². The van der Waals surface area contributed by atoms with Gasteiger partial charge in [-0.3, -0.25) is 4.90 Å². The molecule has 0 saturated carbocycles. The van der Waals surface area contributed by atoms with Gasteiger partial charge in [0, 0.05) is 19.6 Å². The van der Waals surface area contributed by atoms with Gasteiger partial charge in [-0.05, 0) is 7.05 Å². The smallest absolute Gasteiger partial charge is 0.0644 e. The molecule has 0 radical (unpaired) electrons. The number of rotatable bonds is 4. The minimum absolute atomic E-state index is 0.198. The molecule has 2 N–H and O–H groups in total. The molecule has 1 aliphatic heterocycles. The summed E-state index contributed by atoms with van der Waals surface area (Å²) in [6.07, 6.45) is 0. The van der Waals surface area contributed by atoms with Crippen molar-refractivity contribution in [1.29, 1.82) is 0 Å². The predicted molar refractivity (Wildman–Crippen MR) is 47.2 cm³/mol. The molecule has 0 amide bonds. The van der Waals surface area contributed by atoms with Gasteiger partial charge in [-0.15, -0.1) is 0 Å². The predicted octanol–water partition coefficient (Wildman–Crippen LogP) is -1.10. The molecule has 0 aromatic rings. The van der Waals surface area contributed by atoms with Crippen LogP contribution in [0, 0.1) is 0 Å². The van der Waals surface area contributed by atoms with Crippen LogP contribution in [0.5, 0.6) is 0 Å². The van der Waals surface area contributed by atoms with Gasteiger partial charge in [0.15, 0.2) is 0 Å². The van der Waals surface area contributed by atoms with Crippen LogP contribution in [0.4, 0.5) is 0 Å². The molecule has 4 heteroatoms. The van der Waals surface area contributed by atoms with Crippen molar-refractivity contribution < 1.29 is 9.84 Å². The summed E-state index contributed by atoms with van der Waals surface area (Å²) in [6.45, 7) is 4.55. The number of aliphatic hydroxyl groups excluding tert-OH is 1. The number of ether oxygens (including phenoxy) is 1.